The quantitative estimate of drug-likeness (QED) is 0.329. The molecule has 0 aliphatic rings. The third-order valence-electron chi connectivity index (χ3n) is 0.631. The van der Waals surface area contributed by atoms with Gasteiger partial charge in [0.05, 0.1) is 7.05 Å². The highest BCUT2D eigenvalue weighted by Crippen LogP contribution is 1.75. The van der Waals surface area contributed by atoms with Crippen LogP contribution in [0.2, 0.25) is 0 Å². The molecule has 0 unspecified atom stereocenters. The molecular formula is C4H10N2. The number of hydrogen-bond acceptors (Lipinski definition) is 2. The first kappa shape index (κ1) is 5.92. The standard InChI is InChI=1S/C4H10N2/c1-5(2)6(3)4/h1H,2-4H3. The third-order valence-corrected chi connectivity index (χ3v) is 0.631. The van der Waals surface area contributed by atoms with Gasteiger partial charge in [0.1, 0.15) is 0 Å². The minimum atomic E-state index is 1.50. The van der Waals surface area contributed by atoms with Gasteiger partial charge in [0.2, 0.25) is 0 Å². The fraction of sp³-hybridized carbons (Fsp3) is 0.750. The first-order chi connectivity index (χ1) is 2.64. The lowest BCUT2D eigenvalue weighted by Gasteiger charge is -2.16. The second kappa shape index (κ2) is 2.16. The van der Waals surface area contributed by atoms with Gasteiger partial charge in [-0.3, -0.25) is 0 Å². The molecular weight excluding hydrogens is 76.1 g/mol. The van der Waals surface area contributed by atoms with Crippen molar-refractivity contribution >= 4 is 0 Å². The molecule has 2 heteroatoms. The summed E-state index contributed by atoms with van der Waals surface area (Å²) >= 11 is 0. The lowest BCUT2D eigenvalue weighted by molar-refractivity contribution is 0.112. The van der Waals surface area contributed by atoms with Crippen molar-refractivity contribution in [2.45, 2.75) is 0 Å². The van der Waals surface area contributed by atoms with Crippen LogP contribution in [0.4, 0.5) is 0 Å². The van der Waals surface area contributed by atoms with Crippen molar-refractivity contribution in [1.29, 1.82) is 0 Å². The van der Waals surface area contributed by atoms with E-state index < -0.39 is 0 Å². The summed E-state index contributed by atoms with van der Waals surface area (Å²) in [5.41, 5.74) is 0. The highest BCUT2D eigenvalue weighted by Gasteiger charge is 1.85. The molecule has 2 radical (unpaired) electrons. The van der Waals surface area contributed by atoms with Gasteiger partial charge in [-0.1, -0.05) is 0 Å². The van der Waals surface area contributed by atoms with E-state index in [0.717, 1.165) is 0 Å². The van der Waals surface area contributed by atoms with Crippen molar-refractivity contribution in [2.75, 3.05) is 21.1 Å². The highest BCUT2D eigenvalue weighted by molar-refractivity contribution is 4.30. The topological polar surface area (TPSA) is 6.48 Å². The molecule has 0 heterocycles. The number of hydrogen-bond donors (Lipinski definition) is 0. The molecule has 0 bridgehead atoms. The monoisotopic (exact) mass is 86.1 g/mol. The summed E-state index contributed by atoms with van der Waals surface area (Å²) in [5.74, 6) is 0. The molecule has 0 rings (SSSR count). The van der Waals surface area contributed by atoms with E-state index in [9.17, 15) is 0 Å². The van der Waals surface area contributed by atoms with Crippen molar-refractivity contribution in [3.8, 4) is 0 Å². The van der Waals surface area contributed by atoms with Gasteiger partial charge in [0.25, 0.3) is 0 Å². The Morgan fingerprint density at radius 1 is 1.17 bits per heavy atom. The fourth-order valence-corrected chi connectivity index (χ4v) is 0. The minimum Gasteiger partial charge on any atom is -0.248 e. The molecule has 0 atom stereocenters. The van der Waals surface area contributed by atoms with Gasteiger partial charge in [-0.25, -0.2) is 10.0 Å². The maximum Gasteiger partial charge on any atom is 0.0614 e. The van der Waals surface area contributed by atoms with E-state index in [2.05, 4.69) is 0 Å². The van der Waals surface area contributed by atoms with Crippen molar-refractivity contribution in [1.82, 2.24) is 10.0 Å². The molecule has 0 aliphatic carbocycles. The maximum absolute atomic E-state index is 5.19. The Bertz CT molecular complexity index is 26.5. The van der Waals surface area contributed by atoms with E-state index in [1.54, 1.807) is 12.1 Å². The largest absolute Gasteiger partial charge is 0.248 e. The average Bonchev–Trinajstić information content (AvgIpc) is 1.36. The molecule has 6 heavy (non-hydrogen) atoms. The van der Waals surface area contributed by atoms with Gasteiger partial charge in [0.15, 0.2) is 0 Å². The Labute approximate surface area is 39.3 Å². The van der Waals surface area contributed by atoms with Crippen LogP contribution in [0.3, 0.4) is 0 Å². The second-order valence-corrected chi connectivity index (χ2v) is 1.42. The Balaban J connectivity index is 2.99. The zero-order valence-corrected chi connectivity index (χ0v) is 4.47. The van der Waals surface area contributed by atoms with Crippen LogP contribution in [-0.4, -0.2) is 31.2 Å². The Hall–Kier alpha value is -0.0800. The van der Waals surface area contributed by atoms with Crippen LogP contribution >= 0.6 is 0 Å². The Morgan fingerprint density at radius 2 is 1.33 bits per heavy atom. The van der Waals surface area contributed by atoms with Gasteiger partial charge < -0.3 is 0 Å². The molecule has 0 spiro atoms. The van der Waals surface area contributed by atoms with E-state index in [1.165, 1.54) is 5.01 Å². The molecule has 36 valence electrons. The predicted molar refractivity (Wildman–Crippen MR) is 25.7 cm³/mol. The lowest BCUT2D eigenvalue weighted by Crippen LogP contribution is -2.26. The minimum absolute atomic E-state index is 1.50. The molecule has 0 N–H and O–H groups in total. The first-order valence-electron chi connectivity index (χ1n) is 1.80. The van der Waals surface area contributed by atoms with Crippen molar-refractivity contribution in [2.24, 2.45) is 0 Å². The van der Waals surface area contributed by atoms with E-state index in [4.69, 9.17) is 7.05 Å². The van der Waals surface area contributed by atoms with Gasteiger partial charge >= 0.3 is 0 Å². The molecule has 0 saturated carbocycles. The van der Waals surface area contributed by atoms with E-state index >= 15 is 0 Å². The summed E-state index contributed by atoms with van der Waals surface area (Å²) in [6.45, 7) is 0. The van der Waals surface area contributed by atoms with Crippen molar-refractivity contribution in [3.63, 3.8) is 0 Å². The van der Waals surface area contributed by atoms with Gasteiger partial charge in [-0.15, -0.1) is 0 Å². The molecule has 0 fully saturated rings. The molecule has 2 nitrogen and oxygen atoms in total. The van der Waals surface area contributed by atoms with Crippen LogP contribution in [0.5, 0.6) is 0 Å². The summed E-state index contributed by atoms with van der Waals surface area (Å²) in [6.07, 6.45) is 0. The van der Waals surface area contributed by atoms with Gasteiger partial charge in [-0.05, 0) is 0 Å². The van der Waals surface area contributed by atoms with Gasteiger partial charge in [-0.2, -0.15) is 0 Å². The van der Waals surface area contributed by atoms with Crippen LogP contribution in [0, 0.1) is 7.05 Å². The van der Waals surface area contributed by atoms with Crippen LogP contribution in [0.15, 0.2) is 0 Å². The average molecular weight is 86.1 g/mol. The van der Waals surface area contributed by atoms with Crippen molar-refractivity contribution in [3.05, 3.63) is 7.05 Å². The number of hydrazine groups is 1. The zero-order chi connectivity index (χ0) is 5.15. The van der Waals surface area contributed by atoms with E-state index in [1.807, 2.05) is 14.1 Å². The second-order valence-electron chi connectivity index (χ2n) is 1.42. The molecule has 0 saturated heterocycles. The summed E-state index contributed by atoms with van der Waals surface area (Å²) < 4.78 is 0. The molecule has 0 aromatic rings. The third kappa shape index (κ3) is 2.18. The molecule has 0 aliphatic heterocycles. The number of rotatable bonds is 1. The molecule has 0 amide bonds. The van der Waals surface area contributed by atoms with Crippen LogP contribution < -0.4 is 0 Å². The summed E-state index contributed by atoms with van der Waals surface area (Å²) in [7, 11) is 10.7. The SMILES string of the molecule is [CH]N(C)N(C)C. The highest BCUT2D eigenvalue weighted by atomic mass is 15.6. The summed E-state index contributed by atoms with van der Waals surface area (Å²) in [6, 6.07) is 0. The van der Waals surface area contributed by atoms with Crippen LogP contribution in [-0.2, 0) is 0 Å². The maximum atomic E-state index is 5.19. The first-order valence-corrected chi connectivity index (χ1v) is 1.80. The Kier molecular flexibility index (Phi) is 2.13. The van der Waals surface area contributed by atoms with Crippen LogP contribution in [0.1, 0.15) is 0 Å². The van der Waals surface area contributed by atoms with Gasteiger partial charge in [0, 0.05) is 21.1 Å². The Morgan fingerprint density at radius 3 is 1.33 bits per heavy atom. The summed E-state index contributed by atoms with van der Waals surface area (Å²) in [4.78, 5) is 0. The van der Waals surface area contributed by atoms with E-state index in [0.29, 0.717) is 0 Å². The fourth-order valence-electron chi connectivity index (χ4n) is 0. The lowest BCUT2D eigenvalue weighted by atomic mass is 11.0. The smallest absolute Gasteiger partial charge is 0.0614 e. The number of nitrogens with zero attached hydrogens (tertiary/aromatic N) is 2. The van der Waals surface area contributed by atoms with Crippen molar-refractivity contribution < 1.29 is 0 Å². The predicted octanol–water partition coefficient (Wildman–Crippen LogP) is 0.0634. The molecule has 0 aromatic carbocycles. The normalized spacial score (nSPS) is 11.0. The molecule has 0 aromatic heterocycles. The summed E-state index contributed by atoms with van der Waals surface area (Å²) in [5, 5.41) is 3.28. The zero-order valence-electron chi connectivity index (χ0n) is 4.47. The van der Waals surface area contributed by atoms with E-state index in [-0.39, 0.29) is 0 Å². The van der Waals surface area contributed by atoms with Crippen LogP contribution in [0.25, 0.3) is 0 Å².